The number of nitrogens with one attached hydrogen (secondary N) is 1. The Morgan fingerprint density at radius 2 is 1.81 bits per heavy atom. The van der Waals surface area contributed by atoms with Gasteiger partial charge in [0, 0.05) is 6.54 Å². The van der Waals surface area contributed by atoms with E-state index in [2.05, 4.69) is 15.6 Å². The van der Waals surface area contributed by atoms with Gasteiger partial charge in [-0.05, 0) is 24.6 Å². The van der Waals surface area contributed by atoms with Crippen molar-refractivity contribution in [1.29, 1.82) is 5.41 Å². The molecule has 4 heteroatoms. The van der Waals surface area contributed by atoms with Gasteiger partial charge in [-0.25, -0.2) is 4.98 Å². The molecule has 0 radical (unpaired) electrons. The Hall–Kier alpha value is -2.62. The number of rotatable bonds is 4. The molecule has 1 heterocycles. The van der Waals surface area contributed by atoms with Crippen LogP contribution >= 0.6 is 0 Å². The van der Waals surface area contributed by atoms with Crippen molar-refractivity contribution in [3.63, 3.8) is 0 Å². The summed E-state index contributed by atoms with van der Waals surface area (Å²) in [4.78, 5) is 4.57. The van der Waals surface area contributed by atoms with Gasteiger partial charge < -0.3 is 10.3 Å². The molecule has 0 amide bonds. The topological polar surface area (TPSA) is 67.7 Å². The molecule has 1 unspecified atom stereocenters. The molecule has 3 rings (SSSR count). The van der Waals surface area contributed by atoms with Gasteiger partial charge in [0.25, 0.3) is 0 Å². The highest BCUT2D eigenvalue weighted by atomic mass is 15.1. The standard InChI is InChI=1S/C17H18N4/c1-12-20-15-9-5-6-10-16(15)21(12)11-14(17(18)19)13-7-3-2-4-8-13/h2-10,14H,11H2,1H3,(H3,18,19). The van der Waals surface area contributed by atoms with Gasteiger partial charge in [0.2, 0.25) is 0 Å². The fourth-order valence-corrected chi connectivity index (χ4v) is 2.68. The van der Waals surface area contributed by atoms with Crippen LogP contribution in [0.25, 0.3) is 11.0 Å². The van der Waals surface area contributed by atoms with E-state index in [1.54, 1.807) is 0 Å². The summed E-state index contributed by atoms with van der Waals surface area (Å²) in [5.41, 5.74) is 8.94. The molecule has 0 saturated carbocycles. The summed E-state index contributed by atoms with van der Waals surface area (Å²) in [6.07, 6.45) is 0. The molecule has 0 spiro atoms. The minimum atomic E-state index is -0.137. The lowest BCUT2D eigenvalue weighted by Gasteiger charge is -2.18. The van der Waals surface area contributed by atoms with E-state index in [0.717, 1.165) is 22.4 Å². The monoisotopic (exact) mass is 278 g/mol. The number of benzene rings is 2. The molecular formula is C17H18N4. The zero-order valence-corrected chi connectivity index (χ0v) is 12.0. The van der Waals surface area contributed by atoms with E-state index in [1.165, 1.54) is 0 Å². The summed E-state index contributed by atoms with van der Waals surface area (Å²) in [7, 11) is 0. The van der Waals surface area contributed by atoms with Crippen molar-refractivity contribution < 1.29 is 0 Å². The van der Waals surface area contributed by atoms with Crippen LogP contribution in [0, 0.1) is 12.3 Å². The minimum Gasteiger partial charge on any atom is -0.387 e. The molecule has 106 valence electrons. The number of para-hydroxylation sites is 2. The lowest BCUT2D eigenvalue weighted by Crippen LogP contribution is -2.25. The highest BCUT2D eigenvalue weighted by molar-refractivity contribution is 5.85. The Balaban J connectivity index is 2.03. The van der Waals surface area contributed by atoms with Gasteiger partial charge in [0.15, 0.2) is 0 Å². The molecule has 3 N–H and O–H groups in total. The maximum Gasteiger partial charge on any atom is 0.106 e. The second kappa shape index (κ2) is 5.40. The molecule has 2 aromatic carbocycles. The zero-order valence-electron chi connectivity index (χ0n) is 12.0. The highest BCUT2D eigenvalue weighted by Crippen LogP contribution is 2.22. The molecule has 0 fully saturated rings. The van der Waals surface area contributed by atoms with Crippen LogP contribution < -0.4 is 5.73 Å². The molecular weight excluding hydrogens is 260 g/mol. The van der Waals surface area contributed by atoms with E-state index in [0.29, 0.717) is 6.54 Å². The lowest BCUT2D eigenvalue weighted by atomic mass is 9.98. The van der Waals surface area contributed by atoms with Crippen molar-refractivity contribution in [2.24, 2.45) is 5.73 Å². The number of nitrogens with two attached hydrogens (primary N) is 1. The summed E-state index contributed by atoms with van der Waals surface area (Å²) in [6.45, 7) is 2.62. The lowest BCUT2D eigenvalue weighted by molar-refractivity contribution is 0.652. The van der Waals surface area contributed by atoms with E-state index in [-0.39, 0.29) is 11.8 Å². The van der Waals surface area contributed by atoms with Crippen molar-refractivity contribution in [2.45, 2.75) is 19.4 Å². The first-order valence-corrected chi connectivity index (χ1v) is 6.97. The number of aryl methyl sites for hydroxylation is 1. The third kappa shape index (κ3) is 2.52. The summed E-state index contributed by atoms with van der Waals surface area (Å²) < 4.78 is 2.13. The Bertz CT molecular complexity index is 774. The largest absolute Gasteiger partial charge is 0.387 e. The zero-order chi connectivity index (χ0) is 14.8. The Kier molecular flexibility index (Phi) is 3.44. The van der Waals surface area contributed by atoms with Gasteiger partial charge in [-0.15, -0.1) is 0 Å². The number of hydrogen-bond donors (Lipinski definition) is 2. The van der Waals surface area contributed by atoms with E-state index >= 15 is 0 Å². The smallest absolute Gasteiger partial charge is 0.106 e. The number of imidazole rings is 1. The fraction of sp³-hybridized carbons (Fsp3) is 0.176. The Morgan fingerprint density at radius 3 is 2.52 bits per heavy atom. The van der Waals surface area contributed by atoms with Crippen LogP contribution in [-0.4, -0.2) is 15.4 Å². The number of aromatic nitrogens is 2. The molecule has 0 bridgehead atoms. The SMILES string of the molecule is Cc1nc2ccccc2n1CC(C(=N)N)c1ccccc1. The van der Waals surface area contributed by atoms with Gasteiger partial charge >= 0.3 is 0 Å². The van der Waals surface area contributed by atoms with Crippen LogP contribution in [0.2, 0.25) is 0 Å². The number of amidine groups is 1. The van der Waals surface area contributed by atoms with E-state index in [4.69, 9.17) is 11.1 Å². The van der Waals surface area contributed by atoms with E-state index < -0.39 is 0 Å². The second-order valence-electron chi connectivity index (χ2n) is 5.18. The first kappa shape index (κ1) is 13.4. The molecule has 1 aromatic heterocycles. The first-order chi connectivity index (χ1) is 10.2. The predicted molar refractivity (Wildman–Crippen MR) is 85.6 cm³/mol. The molecule has 4 nitrogen and oxygen atoms in total. The molecule has 0 aliphatic carbocycles. The summed E-state index contributed by atoms with van der Waals surface area (Å²) in [5.74, 6) is 0.985. The average Bonchev–Trinajstić information content (AvgIpc) is 2.81. The van der Waals surface area contributed by atoms with Crippen molar-refractivity contribution in [3.05, 3.63) is 66.0 Å². The molecule has 3 aromatic rings. The van der Waals surface area contributed by atoms with Crippen molar-refractivity contribution >= 4 is 16.9 Å². The van der Waals surface area contributed by atoms with E-state index in [9.17, 15) is 0 Å². The summed E-state index contributed by atoms with van der Waals surface area (Å²) in [6, 6.07) is 18.0. The van der Waals surface area contributed by atoms with Crippen LogP contribution in [0.4, 0.5) is 0 Å². The van der Waals surface area contributed by atoms with Crippen LogP contribution in [-0.2, 0) is 6.54 Å². The predicted octanol–water partition coefficient (Wildman–Crippen LogP) is 3.06. The third-order valence-corrected chi connectivity index (χ3v) is 3.79. The maximum absolute atomic E-state index is 7.91. The van der Waals surface area contributed by atoms with Crippen molar-refractivity contribution in [3.8, 4) is 0 Å². The number of hydrogen-bond acceptors (Lipinski definition) is 2. The minimum absolute atomic E-state index is 0.137. The quantitative estimate of drug-likeness (QED) is 0.569. The average molecular weight is 278 g/mol. The highest BCUT2D eigenvalue weighted by Gasteiger charge is 2.18. The Morgan fingerprint density at radius 1 is 1.14 bits per heavy atom. The van der Waals surface area contributed by atoms with Gasteiger partial charge in [-0.3, -0.25) is 5.41 Å². The normalized spacial score (nSPS) is 12.4. The van der Waals surface area contributed by atoms with Crippen LogP contribution in [0.5, 0.6) is 0 Å². The molecule has 21 heavy (non-hydrogen) atoms. The molecule has 0 aliphatic rings. The van der Waals surface area contributed by atoms with Gasteiger partial charge in [-0.2, -0.15) is 0 Å². The molecule has 0 aliphatic heterocycles. The van der Waals surface area contributed by atoms with Crippen LogP contribution in [0.3, 0.4) is 0 Å². The van der Waals surface area contributed by atoms with Gasteiger partial charge in [0.1, 0.15) is 5.82 Å². The van der Waals surface area contributed by atoms with Crippen LogP contribution in [0.15, 0.2) is 54.6 Å². The van der Waals surface area contributed by atoms with Crippen LogP contribution in [0.1, 0.15) is 17.3 Å². The summed E-state index contributed by atoms with van der Waals surface area (Å²) >= 11 is 0. The second-order valence-corrected chi connectivity index (χ2v) is 5.18. The fourth-order valence-electron chi connectivity index (χ4n) is 2.68. The van der Waals surface area contributed by atoms with E-state index in [1.807, 2.05) is 55.5 Å². The summed E-state index contributed by atoms with van der Waals surface area (Å²) in [5, 5.41) is 7.91. The van der Waals surface area contributed by atoms with Gasteiger partial charge in [-0.1, -0.05) is 42.5 Å². The van der Waals surface area contributed by atoms with Crippen molar-refractivity contribution in [2.75, 3.05) is 0 Å². The number of nitrogens with zero attached hydrogens (tertiary/aromatic N) is 2. The molecule has 0 saturated heterocycles. The third-order valence-electron chi connectivity index (χ3n) is 3.79. The van der Waals surface area contributed by atoms with Gasteiger partial charge in [0.05, 0.1) is 22.8 Å². The number of fused-ring (bicyclic) bond motifs is 1. The van der Waals surface area contributed by atoms with Crippen molar-refractivity contribution in [1.82, 2.24) is 9.55 Å². The maximum atomic E-state index is 7.91. The Labute approximate surface area is 123 Å². The first-order valence-electron chi connectivity index (χ1n) is 6.97. The molecule has 1 atom stereocenters.